The van der Waals surface area contributed by atoms with Crippen molar-refractivity contribution in [2.75, 3.05) is 0 Å². The summed E-state index contributed by atoms with van der Waals surface area (Å²) in [5.74, 6) is 0.439. The number of hydrogen-bond acceptors (Lipinski definition) is 2. The van der Waals surface area contributed by atoms with Crippen LogP contribution in [0.1, 0.15) is 88.3 Å². The number of hydrogen-bond donors (Lipinski definition) is 0. The lowest BCUT2D eigenvalue weighted by Gasteiger charge is -2.12. The van der Waals surface area contributed by atoms with Crippen LogP contribution >= 0.6 is 0 Å². The van der Waals surface area contributed by atoms with E-state index in [1.165, 1.54) is 31.2 Å². The zero-order valence-electron chi connectivity index (χ0n) is 21.5. The Hall–Kier alpha value is -2.61. The lowest BCUT2D eigenvalue weighted by Crippen LogP contribution is -2.12. The van der Waals surface area contributed by atoms with Gasteiger partial charge in [0.15, 0.2) is 0 Å². The smallest absolute Gasteiger partial charge is 0.339 e. The molecule has 0 atom stereocenters. The Bertz CT molecular complexity index is 827. The van der Waals surface area contributed by atoms with E-state index in [0.29, 0.717) is 12.2 Å². The molecule has 0 N–H and O–H groups in total. The minimum absolute atomic E-state index is 0.245. The monoisotopic (exact) mass is 448 g/mol. The van der Waals surface area contributed by atoms with Gasteiger partial charge in [-0.15, -0.1) is 0 Å². The highest BCUT2D eigenvalue weighted by molar-refractivity contribution is 5.90. The number of aryl methyl sites for hydroxylation is 3. The van der Waals surface area contributed by atoms with E-state index in [9.17, 15) is 4.79 Å². The van der Waals surface area contributed by atoms with E-state index >= 15 is 0 Å². The second-order valence-corrected chi connectivity index (χ2v) is 8.49. The van der Waals surface area contributed by atoms with Crippen molar-refractivity contribution in [2.24, 2.45) is 0 Å². The Balaban J connectivity index is 2.31. The van der Waals surface area contributed by atoms with Gasteiger partial charge in [0, 0.05) is 5.57 Å². The van der Waals surface area contributed by atoms with Crippen molar-refractivity contribution in [3.8, 4) is 5.75 Å². The van der Waals surface area contributed by atoms with Gasteiger partial charge in [-0.25, -0.2) is 4.79 Å². The Morgan fingerprint density at radius 2 is 1.27 bits per heavy atom. The molecular formula is C31H44O2. The number of esters is 1. The van der Waals surface area contributed by atoms with Gasteiger partial charge in [-0.3, -0.25) is 0 Å². The second-order valence-electron chi connectivity index (χ2n) is 8.49. The number of benzene rings is 1. The van der Waals surface area contributed by atoms with Gasteiger partial charge in [-0.1, -0.05) is 86.2 Å². The Morgan fingerprint density at radius 1 is 0.758 bits per heavy atom. The van der Waals surface area contributed by atoms with Crippen LogP contribution in [-0.2, 0) is 4.79 Å². The van der Waals surface area contributed by atoms with E-state index < -0.39 is 0 Å². The maximum atomic E-state index is 12.6. The molecule has 0 aliphatic carbocycles. The van der Waals surface area contributed by atoms with Gasteiger partial charge in [-0.2, -0.15) is 0 Å². The molecule has 0 aromatic heterocycles. The summed E-state index contributed by atoms with van der Waals surface area (Å²) >= 11 is 0. The lowest BCUT2D eigenvalue weighted by atomic mass is 10.1. The molecule has 0 aliphatic rings. The molecule has 0 heterocycles. The fraction of sp³-hybridized carbons (Fsp3) is 0.452. The number of unbranched alkanes of at least 4 members (excludes halogenated alkanes) is 3. The number of rotatable bonds is 15. The van der Waals surface area contributed by atoms with E-state index in [-0.39, 0.29) is 5.97 Å². The molecule has 0 saturated carbocycles. The highest BCUT2D eigenvalue weighted by atomic mass is 16.5. The molecule has 1 rings (SSSR count). The van der Waals surface area contributed by atoms with E-state index in [2.05, 4.69) is 62.5 Å². The van der Waals surface area contributed by atoms with Crippen molar-refractivity contribution >= 4 is 5.97 Å². The molecule has 0 amide bonds. The third kappa shape index (κ3) is 12.9. The van der Waals surface area contributed by atoms with Crippen LogP contribution < -0.4 is 4.74 Å². The Labute approximate surface area is 202 Å². The van der Waals surface area contributed by atoms with Crippen molar-refractivity contribution in [1.29, 1.82) is 0 Å². The first-order chi connectivity index (χ1) is 16.0. The van der Waals surface area contributed by atoms with Gasteiger partial charge < -0.3 is 4.74 Å². The summed E-state index contributed by atoms with van der Waals surface area (Å²) in [6.45, 7) is 10.2. The zero-order chi connectivity index (χ0) is 24.3. The second kappa shape index (κ2) is 17.9. The molecule has 1 aromatic rings. The molecule has 2 heteroatoms. The summed E-state index contributed by atoms with van der Waals surface area (Å²) in [6.07, 6.45) is 29.1. The predicted octanol–water partition coefficient (Wildman–Crippen LogP) is 9.22. The molecule has 33 heavy (non-hydrogen) atoms. The quantitative estimate of drug-likeness (QED) is 0.0878. The van der Waals surface area contributed by atoms with Crippen molar-refractivity contribution in [2.45, 2.75) is 92.4 Å². The molecule has 0 fully saturated rings. The topological polar surface area (TPSA) is 26.3 Å². The predicted molar refractivity (Wildman–Crippen MR) is 144 cm³/mol. The van der Waals surface area contributed by atoms with E-state index in [0.717, 1.165) is 42.4 Å². The average molecular weight is 449 g/mol. The van der Waals surface area contributed by atoms with E-state index in [1.807, 2.05) is 39.0 Å². The molecule has 0 unspecified atom stereocenters. The van der Waals surface area contributed by atoms with E-state index in [1.54, 1.807) is 0 Å². The largest absolute Gasteiger partial charge is 0.423 e. The Kier molecular flexibility index (Phi) is 15.4. The summed E-state index contributed by atoms with van der Waals surface area (Å²) in [5, 5.41) is 0. The molecule has 0 aliphatic heterocycles. The first kappa shape index (κ1) is 28.4. The third-order valence-corrected chi connectivity index (χ3v) is 5.38. The van der Waals surface area contributed by atoms with Gasteiger partial charge in [0.05, 0.1) is 0 Å². The number of allylic oxidation sites excluding steroid dienone is 9. The maximum absolute atomic E-state index is 12.6. The standard InChI is InChI=1S/C31H44O2/c1-6-8-9-10-11-12-13-14-15-16-17-18-19-20-21-22-23-29(7-2)31(32)33-30-27(4)24-26(3)25-28(30)5/h8-9,14-15,17-18,20-21,23-25H,6-7,10-13,16,19,22H2,1-5H3/b9-8-,15-14-,18-17-,21-20-,29-23?. The third-order valence-electron chi connectivity index (χ3n) is 5.38. The Morgan fingerprint density at radius 3 is 1.82 bits per heavy atom. The average Bonchev–Trinajstić information content (AvgIpc) is 2.78. The highest BCUT2D eigenvalue weighted by Crippen LogP contribution is 2.25. The lowest BCUT2D eigenvalue weighted by molar-refractivity contribution is -0.130. The summed E-state index contributed by atoms with van der Waals surface area (Å²) in [4.78, 5) is 12.6. The number of carbonyl (C=O) groups is 1. The van der Waals surface area contributed by atoms with Crippen LogP contribution in [0.4, 0.5) is 0 Å². The summed E-state index contributed by atoms with van der Waals surface area (Å²) in [7, 11) is 0. The van der Waals surface area contributed by atoms with Gasteiger partial charge in [0.1, 0.15) is 5.75 Å². The first-order valence-electron chi connectivity index (χ1n) is 12.6. The number of ether oxygens (including phenoxy) is 1. The van der Waals surface area contributed by atoms with Gasteiger partial charge in [-0.05, 0) is 89.7 Å². The van der Waals surface area contributed by atoms with Crippen LogP contribution in [0.15, 0.2) is 72.4 Å². The van der Waals surface area contributed by atoms with Crippen LogP contribution in [-0.4, -0.2) is 5.97 Å². The van der Waals surface area contributed by atoms with Crippen LogP contribution in [0.2, 0.25) is 0 Å². The fourth-order valence-corrected chi connectivity index (χ4v) is 3.63. The first-order valence-corrected chi connectivity index (χ1v) is 12.6. The minimum Gasteiger partial charge on any atom is -0.423 e. The van der Waals surface area contributed by atoms with Crippen molar-refractivity contribution in [3.63, 3.8) is 0 Å². The molecule has 1 aromatic carbocycles. The van der Waals surface area contributed by atoms with Gasteiger partial charge in [0.25, 0.3) is 0 Å². The van der Waals surface area contributed by atoms with Gasteiger partial charge >= 0.3 is 5.97 Å². The molecule has 0 bridgehead atoms. The molecule has 0 radical (unpaired) electrons. The molecule has 0 saturated heterocycles. The van der Waals surface area contributed by atoms with Crippen LogP contribution in [0.25, 0.3) is 0 Å². The van der Waals surface area contributed by atoms with Gasteiger partial charge in [0.2, 0.25) is 0 Å². The summed E-state index contributed by atoms with van der Waals surface area (Å²) in [6, 6.07) is 4.09. The molecule has 180 valence electrons. The number of carbonyl (C=O) groups excluding carboxylic acids is 1. The highest BCUT2D eigenvalue weighted by Gasteiger charge is 2.13. The van der Waals surface area contributed by atoms with Crippen molar-refractivity contribution in [3.05, 3.63) is 89.1 Å². The normalized spacial score (nSPS) is 12.7. The molecule has 2 nitrogen and oxygen atoms in total. The van der Waals surface area contributed by atoms with Crippen molar-refractivity contribution in [1.82, 2.24) is 0 Å². The summed E-state index contributed by atoms with van der Waals surface area (Å²) < 4.78 is 5.71. The molecular weight excluding hydrogens is 404 g/mol. The SMILES string of the molecule is CC/C=C\CCCC/C=C\C/C=C\C/C=C\CC=C(CC)C(=O)Oc1c(C)cc(C)cc1C. The van der Waals surface area contributed by atoms with E-state index in [4.69, 9.17) is 4.74 Å². The van der Waals surface area contributed by atoms with Crippen LogP contribution in [0.3, 0.4) is 0 Å². The fourth-order valence-electron chi connectivity index (χ4n) is 3.63. The van der Waals surface area contributed by atoms with Crippen LogP contribution in [0, 0.1) is 20.8 Å². The zero-order valence-corrected chi connectivity index (χ0v) is 21.5. The maximum Gasteiger partial charge on any atom is 0.339 e. The van der Waals surface area contributed by atoms with Crippen LogP contribution in [0.5, 0.6) is 5.75 Å². The summed E-state index contributed by atoms with van der Waals surface area (Å²) in [5.41, 5.74) is 3.90. The minimum atomic E-state index is -0.245. The van der Waals surface area contributed by atoms with Crippen molar-refractivity contribution < 1.29 is 9.53 Å². The molecule has 0 spiro atoms.